The minimum Gasteiger partial charge on any atom is -0.506 e. The molecule has 2 nitrogen and oxygen atoms in total. The molecule has 114 valence electrons. The Morgan fingerprint density at radius 2 is 1.81 bits per heavy atom. The quantitative estimate of drug-likeness (QED) is 0.755. The van der Waals surface area contributed by atoms with Crippen molar-refractivity contribution in [3.05, 3.63) is 27.7 Å². The van der Waals surface area contributed by atoms with E-state index < -0.39 is 0 Å². The molecule has 2 fully saturated rings. The number of carbonyl (C=O) groups is 1. The molecule has 0 saturated heterocycles. The van der Waals surface area contributed by atoms with Crippen molar-refractivity contribution >= 4 is 22.2 Å². The summed E-state index contributed by atoms with van der Waals surface area (Å²) < 4.78 is 0.643. The molecule has 0 radical (unpaired) electrons. The zero-order valence-electron chi connectivity index (χ0n) is 12.7. The van der Waals surface area contributed by atoms with Crippen molar-refractivity contribution in [3.63, 3.8) is 0 Å². The van der Waals surface area contributed by atoms with E-state index in [2.05, 4.69) is 29.8 Å². The normalized spacial score (nSPS) is 35.5. The van der Waals surface area contributed by atoms with E-state index in [9.17, 15) is 9.90 Å². The van der Waals surface area contributed by atoms with Crippen LogP contribution in [0, 0.1) is 17.8 Å². The highest BCUT2D eigenvalue weighted by Crippen LogP contribution is 2.54. The summed E-state index contributed by atoms with van der Waals surface area (Å²) in [5.74, 6) is 2.35. The summed E-state index contributed by atoms with van der Waals surface area (Å²) in [7, 11) is 0. The number of fused-ring (bicyclic) bond motifs is 2. The number of phenolic OH excluding ortho intramolecular Hbond substituents is 1. The lowest BCUT2D eigenvalue weighted by atomic mass is 9.54. The van der Waals surface area contributed by atoms with Crippen molar-refractivity contribution in [1.29, 1.82) is 0 Å². The molecule has 1 aromatic rings. The number of carbonyl (C=O) groups excluding carboxylic acids is 1. The first-order valence-corrected chi connectivity index (χ1v) is 8.71. The van der Waals surface area contributed by atoms with Gasteiger partial charge in [-0.05, 0) is 88.9 Å². The number of hydrogen-bond acceptors (Lipinski definition) is 2. The van der Waals surface area contributed by atoms with Gasteiger partial charge in [0.25, 0.3) is 0 Å². The maximum absolute atomic E-state index is 11.2. The van der Waals surface area contributed by atoms with Crippen LogP contribution in [0.1, 0.15) is 61.9 Å². The standard InChI is InChI=1S/C18H23BrO2/c1-11-3-13-4-12(2)8-18(7-11,9-13)15-5-14(10-20)17(21)16(19)6-15/h5-6,10-13,21H,3-4,7-9H2,1-2H3/t11-,12+,13?,18?. The Hall–Kier alpha value is -0.830. The molecule has 0 aliphatic heterocycles. The number of aromatic hydroxyl groups is 1. The lowest BCUT2D eigenvalue weighted by Crippen LogP contribution is -2.42. The molecule has 0 heterocycles. The van der Waals surface area contributed by atoms with Gasteiger partial charge in [-0.1, -0.05) is 13.8 Å². The summed E-state index contributed by atoms with van der Waals surface area (Å²) in [4.78, 5) is 11.2. The maximum atomic E-state index is 11.2. The maximum Gasteiger partial charge on any atom is 0.153 e. The Morgan fingerprint density at radius 1 is 1.19 bits per heavy atom. The van der Waals surface area contributed by atoms with Gasteiger partial charge in [0.05, 0.1) is 10.0 Å². The van der Waals surface area contributed by atoms with Gasteiger partial charge in [0, 0.05) is 0 Å². The van der Waals surface area contributed by atoms with Crippen LogP contribution in [0.3, 0.4) is 0 Å². The summed E-state index contributed by atoms with van der Waals surface area (Å²) in [5, 5.41) is 9.97. The fraction of sp³-hybridized carbons (Fsp3) is 0.611. The SMILES string of the molecule is C[C@@H]1CC2C[C@H](C)CC(c3cc(Br)c(O)c(C=O)c3)(C2)C1. The van der Waals surface area contributed by atoms with E-state index in [4.69, 9.17) is 0 Å². The zero-order valence-corrected chi connectivity index (χ0v) is 14.3. The monoisotopic (exact) mass is 350 g/mol. The second kappa shape index (κ2) is 5.42. The van der Waals surface area contributed by atoms with Crippen LogP contribution in [-0.4, -0.2) is 11.4 Å². The van der Waals surface area contributed by atoms with Crippen molar-refractivity contribution < 1.29 is 9.90 Å². The predicted octanol–water partition coefficient (Wildman–Crippen LogP) is 5.07. The lowest BCUT2D eigenvalue weighted by molar-refractivity contribution is 0.0779. The summed E-state index contributed by atoms with van der Waals surface area (Å²) in [6.45, 7) is 4.71. The molecule has 0 amide bonds. The Labute approximate surface area is 135 Å². The van der Waals surface area contributed by atoms with Gasteiger partial charge in [-0.2, -0.15) is 0 Å². The summed E-state index contributed by atoms with van der Waals surface area (Å²) in [5.41, 5.74) is 1.83. The Morgan fingerprint density at radius 3 is 2.38 bits per heavy atom. The van der Waals surface area contributed by atoms with Crippen LogP contribution in [0.5, 0.6) is 5.75 Å². The van der Waals surface area contributed by atoms with Crippen molar-refractivity contribution in [2.45, 2.75) is 51.4 Å². The molecule has 2 aliphatic rings. The summed E-state index contributed by atoms with van der Waals surface area (Å²) >= 11 is 3.41. The molecule has 2 saturated carbocycles. The Kier molecular flexibility index (Phi) is 3.89. The summed E-state index contributed by atoms with van der Waals surface area (Å²) in [6.07, 6.45) is 7.07. The van der Waals surface area contributed by atoms with E-state index in [-0.39, 0.29) is 11.2 Å². The molecular weight excluding hydrogens is 328 g/mol. The van der Waals surface area contributed by atoms with E-state index in [1.807, 2.05) is 12.1 Å². The Bertz CT molecular complexity index is 547. The summed E-state index contributed by atoms with van der Waals surface area (Å²) in [6, 6.07) is 3.95. The average Bonchev–Trinajstić information content (AvgIpc) is 2.39. The third kappa shape index (κ3) is 2.65. The number of benzene rings is 1. The highest BCUT2D eigenvalue weighted by Gasteiger charge is 2.45. The van der Waals surface area contributed by atoms with Gasteiger partial charge < -0.3 is 5.11 Å². The van der Waals surface area contributed by atoms with E-state index in [0.29, 0.717) is 10.0 Å². The number of phenols is 1. The van der Waals surface area contributed by atoms with Crippen LogP contribution in [0.4, 0.5) is 0 Å². The van der Waals surface area contributed by atoms with Crippen molar-refractivity contribution in [2.24, 2.45) is 17.8 Å². The van der Waals surface area contributed by atoms with Crippen molar-refractivity contribution in [1.82, 2.24) is 0 Å². The molecule has 0 aromatic heterocycles. The van der Waals surface area contributed by atoms with Gasteiger partial charge in [-0.15, -0.1) is 0 Å². The smallest absolute Gasteiger partial charge is 0.153 e. The second-order valence-corrected chi connectivity index (χ2v) is 8.31. The predicted molar refractivity (Wildman–Crippen MR) is 87.8 cm³/mol. The minimum absolute atomic E-state index is 0.0643. The molecule has 4 atom stereocenters. The Balaban J connectivity index is 2.08. The van der Waals surface area contributed by atoms with Gasteiger partial charge in [0.1, 0.15) is 5.75 Å². The van der Waals surface area contributed by atoms with Gasteiger partial charge in [0.15, 0.2) is 6.29 Å². The molecule has 1 aromatic carbocycles. The van der Waals surface area contributed by atoms with E-state index in [1.54, 1.807) is 0 Å². The first-order valence-electron chi connectivity index (χ1n) is 7.91. The molecule has 2 bridgehead atoms. The molecule has 2 aliphatic carbocycles. The van der Waals surface area contributed by atoms with Crippen LogP contribution < -0.4 is 0 Å². The molecule has 21 heavy (non-hydrogen) atoms. The molecule has 3 rings (SSSR count). The number of hydrogen-bond donors (Lipinski definition) is 1. The van der Waals surface area contributed by atoms with Crippen LogP contribution in [0.15, 0.2) is 16.6 Å². The van der Waals surface area contributed by atoms with Crippen molar-refractivity contribution in [3.8, 4) is 5.75 Å². The molecule has 0 spiro atoms. The highest BCUT2D eigenvalue weighted by atomic mass is 79.9. The van der Waals surface area contributed by atoms with Gasteiger partial charge in [-0.3, -0.25) is 4.79 Å². The van der Waals surface area contributed by atoms with E-state index in [1.165, 1.54) is 37.7 Å². The number of aldehydes is 1. The third-order valence-corrected chi connectivity index (χ3v) is 6.07. The van der Waals surface area contributed by atoms with Crippen LogP contribution in [0.25, 0.3) is 0 Å². The number of halogens is 1. The topological polar surface area (TPSA) is 37.3 Å². The first-order chi connectivity index (χ1) is 9.93. The average molecular weight is 351 g/mol. The van der Waals surface area contributed by atoms with E-state index in [0.717, 1.165) is 24.0 Å². The van der Waals surface area contributed by atoms with Crippen molar-refractivity contribution in [2.75, 3.05) is 0 Å². The van der Waals surface area contributed by atoms with Gasteiger partial charge in [-0.25, -0.2) is 0 Å². The molecule has 2 unspecified atom stereocenters. The van der Waals surface area contributed by atoms with Gasteiger partial charge >= 0.3 is 0 Å². The fourth-order valence-electron chi connectivity index (χ4n) is 5.07. The minimum atomic E-state index is 0.0643. The lowest BCUT2D eigenvalue weighted by Gasteiger charge is -2.50. The third-order valence-electron chi connectivity index (χ3n) is 5.46. The van der Waals surface area contributed by atoms with E-state index >= 15 is 0 Å². The second-order valence-electron chi connectivity index (χ2n) is 7.45. The molecular formula is C18H23BrO2. The zero-order chi connectivity index (χ0) is 15.2. The van der Waals surface area contributed by atoms with Gasteiger partial charge in [0.2, 0.25) is 0 Å². The highest BCUT2D eigenvalue weighted by molar-refractivity contribution is 9.10. The molecule has 1 N–H and O–H groups in total. The van der Waals surface area contributed by atoms with Crippen LogP contribution in [-0.2, 0) is 5.41 Å². The van der Waals surface area contributed by atoms with Crippen LogP contribution >= 0.6 is 15.9 Å². The molecule has 3 heteroatoms. The van der Waals surface area contributed by atoms with Crippen LogP contribution in [0.2, 0.25) is 0 Å². The number of rotatable bonds is 2. The first kappa shape index (κ1) is 15.1. The largest absolute Gasteiger partial charge is 0.506 e. The fourth-order valence-corrected chi connectivity index (χ4v) is 5.55.